The second kappa shape index (κ2) is 4.07. The fraction of sp³-hybridized carbons (Fsp3) is 0.143. The molecule has 0 aromatic heterocycles. The Hall–Kier alpha value is -0.930. The molecule has 1 nitrogen and oxygen atoms in total. The number of halogens is 1. The predicted octanol–water partition coefficient (Wildman–Crippen LogP) is 4.32. The summed E-state index contributed by atoms with van der Waals surface area (Å²) < 4.78 is 1.14. The maximum atomic E-state index is 6.04. The SMILES string of the molecule is CSc1cc2c(cc1N)Cc1cc(Br)ccc1-2. The molecule has 1 aliphatic rings. The van der Waals surface area contributed by atoms with Gasteiger partial charge in [0, 0.05) is 15.1 Å². The van der Waals surface area contributed by atoms with Crippen LogP contribution >= 0.6 is 27.7 Å². The molecule has 0 amide bonds. The summed E-state index contributed by atoms with van der Waals surface area (Å²) >= 11 is 5.23. The molecular formula is C14H12BrNS. The zero-order valence-electron chi connectivity index (χ0n) is 9.46. The van der Waals surface area contributed by atoms with Gasteiger partial charge in [-0.05, 0) is 59.2 Å². The molecule has 0 spiro atoms. The minimum Gasteiger partial charge on any atom is -0.398 e. The van der Waals surface area contributed by atoms with E-state index in [1.165, 1.54) is 27.1 Å². The summed E-state index contributed by atoms with van der Waals surface area (Å²) in [6.45, 7) is 0. The second-order valence-corrected chi connectivity index (χ2v) is 5.99. The molecule has 0 fully saturated rings. The maximum absolute atomic E-state index is 6.04. The van der Waals surface area contributed by atoms with Crippen LogP contribution in [0.3, 0.4) is 0 Å². The zero-order valence-corrected chi connectivity index (χ0v) is 11.9. The number of thioether (sulfide) groups is 1. The van der Waals surface area contributed by atoms with Crippen LogP contribution < -0.4 is 5.73 Å². The molecule has 1 aliphatic carbocycles. The normalized spacial score (nSPS) is 12.4. The Balaban J connectivity index is 2.21. The van der Waals surface area contributed by atoms with Gasteiger partial charge in [-0.1, -0.05) is 22.0 Å². The Bertz CT molecular complexity index is 607. The summed E-state index contributed by atoms with van der Waals surface area (Å²) in [4.78, 5) is 1.17. The average molecular weight is 306 g/mol. The van der Waals surface area contributed by atoms with Gasteiger partial charge in [-0.3, -0.25) is 0 Å². The lowest BCUT2D eigenvalue weighted by atomic mass is 10.1. The quantitative estimate of drug-likeness (QED) is 0.535. The van der Waals surface area contributed by atoms with E-state index in [1.54, 1.807) is 11.8 Å². The molecule has 3 rings (SSSR count). The number of hydrogen-bond acceptors (Lipinski definition) is 2. The third kappa shape index (κ3) is 1.78. The third-order valence-corrected chi connectivity index (χ3v) is 4.48. The zero-order chi connectivity index (χ0) is 12.0. The lowest BCUT2D eigenvalue weighted by Gasteiger charge is -2.07. The predicted molar refractivity (Wildman–Crippen MR) is 78.6 cm³/mol. The topological polar surface area (TPSA) is 26.0 Å². The van der Waals surface area contributed by atoms with Gasteiger partial charge < -0.3 is 5.73 Å². The lowest BCUT2D eigenvalue weighted by Crippen LogP contribution is -1.91. The number of anilines is 1. The summed E-state index contributed by atoms with van der Waals surface area (Å²) in [6.07, 6.45) is 3.05. The van der Waals surface area contributed by atoms with E-state index in [1.807, 2.05) is 0 Å². The highest BCUT2D eigenvalue weighted by Crippen LogP contribution is 2.41. The van der Waals surface area contributed by atoms with Gasteiger partial charge in [0.25, 0.3) is 0 Å². The van der Waals surface area contributed by atoms with E-state index in [4.69, 9.17) is 5.73 Å². The van der Waals surface area contributed by atoms with Crippen LogP contribution in [0.4, 0.5) is 5.69 Å². The first-order valence-electron chi connectivity index (χ1n) is 5.44. The molecule has 86 valence electrons. The number of nitrogens with two attached hydrogens (primary N) is 1. The Morgan fingerprint density at radius 2 is 1.88 bits per heavy atom. The Morgan fingerprint density at radius 3 is 2.65 bits per heavy atom. The van der Waals surface area contributed by atoms with Crippen molar-refractivity contribution in [2.24, 2.45) is 0 Å². The highest BCUT2D eigenvalue weighted by atomic mass is 79.9. The van der Waals surface area contributed by atoms with Crippen molar-refractivity contribution in [3.05, 3.63) is 45.9 Å². The van der Waals surface area contributed by atoms with E-state index in [-0.39, 0.29) is 0 Å². The largest absolute Gasteiger partial charge is 0.398 e. The lowest BCUT2D eigenvalue weighted by molar-refractivity contribution is 1.25. The Kier molecular flexibility index (Phi) is 2.68. The fourth-order valence-corrected chi connectivity index (χ4v) is 3.33. The standard InChI is InChI=1S/C14H12BrNS/c1-17-14-7-12-9(6-13(14)16)4-8-5-10(15)2-3-11(8)12/h2-3,5-7H,4,16H2,1H3. The average Bonchev–Trinajstić information content (AvgIpc) is 2.63. The summed E-state index contributed by atoms with van der Waals surface area (Å²) in [5, 5.41) is 0. The van der Waals surface area contributed by atoms with Gasteiger partial charge in [-0.2, -0.15) is 0 Å². The van der Waals surface area contributed by atoms with Gasteiger partial charge in [0.1, 0.15) is 0 Å². The number of rotatable bonds is 1. The van der Waals surface area contributed by atoms with E-state index in [0.717, 1.165) is 16.6 Å². The monoisotopic (exact) mass is 305 g/mol. The first kappa shape index (κ1) is 11.2. The third-order valence-electron chi connectivity index (χ3n) is 3.19. The van der Waals surface area contributed by atoms with Crippen molar-refractivity contribution in [1.82, 2.24) is 0 Å². The Morgan fingerprint density at radius 1 is 1.12 bits per heavy atom. The summed E-state index contributed by atoms with van der Waals surface area (Å²) in [5.74, 6) is 0. The van der Waals surface area contributed by atoms with Gasteiger partial charge in [-0.15, -0.1) is 11.8 Å². The molecule has 0 atom stereocenters. The molecule has 0 saturated heterocycles. The summed E-state index contributed by atoms with van der Waals surface area (Å²) in [6, 6.07) is 10.8. The van der Waals surface area contributed by atoms with Crippen molar-refractivity contribution in [1.29, 1.82) is 0 Å². The van der Waals surface area contributed by atoms with E-state index in [0.29, 0.717) is 0 Å². The van der Waals surface area contributed by atoms with Crippen molar-refractivity contribution in [2.45, 2.75) is 11.3 Å². The number of fused-ring (bicyclic) bond motifs is 3. The van der Waals surface area contributed by atoms with E-state index in [2.05, 4.69) is 52.5 Å². The van der Waals surface area contributed by atoms with Gasteiger partial charge in [-0.25, -0.2) is 0 Å². The van der Waals surface area contributed by atoms with E-state index in [9.17, 15) is 0 Å². The summed E-state index contributed by atoms with van der Waals surface area (Å²) in [5.41, 5.74) is 12.3. The highest BCUT2D eigenvalue weighted by Gasteiger charge is 2.19. The molecule has 0 unspecified atom stereocenters. The molecule has 0 aliphatic heterocycles. The maximum Gasteiger partial charge on any atom is 0.0455 e. The molecule has 2 aromatic carbocycles. The van der Waals surface area contributed by atoms with Crippen LogP contribution in [0.1, 0.15) is 11.1 Å². The van der Waals surface area contributed by atoms with Crippen LogP contribution in [-0.2, 0) is 6.42 Å². The molecule has 0 heterocycles. The molecular weight excluding hydrogens is 294 g/mol. The number of benzene rings is 2. The molecule has 0 saturated carbocycles. The molecule has 17 heavy (non-hydrogen) atoms. The van der Waals surface area contributed by atoms with E-state index >= 15 is 0 Å². The smallest absolute Gasteiger partial charge is 0.0455 e. The second-order valence-electron chi connectivity index (χ2n) is 4.23. The number of nitrogen functional groups attached to an aromatic ring is 1. The summed E-state index contributed by atoms with van der Waals surface area (Å²) in [7, 11) is 0. The van der Waals surface area contributed by atoms with Gasteiger partial charge in [0.2, 0.25) is 0 Å². The van der Waals surface area contributed by atoms with Crippen LogP contribution in [0.2, 0.25) is 0 Å². The van der Waals surface area contributed by atoms with Crippen molar-refractivity contribution in [3.8, 4) is 11.1 Å². The van der Waals surface area contributed by atoms with Crippen LogP contribution in [0.25, 0.3) is 11.1 Å². The van der Waals surface area contributed by atoms with Gasteiger partial charge in [0.15, 0.2) is 0 Å². The Labute approximate surface area is 114 Å². The fourth-order valence-electron chi connectivity index (χ4n) is 2.39. The van der Waals surface area contributed by atoms with Crippen LogP contribution in [0.5, 0.6) is 0 Å². The van der Waals surface area contributed by atoms with Gasteiger partial charge >= 0.3 is 0 Å². The van der Waals surface area contributed by atoms with Crippen molar-refractivity contribution >= 4 is 33.4 Å². The molecule has 0 radical (unpaired) electrons. The van der Waals surface area contributed by atoms with Crippen LogP contribution in [0.15, 0.2) is 39.7 Å². The first-order valence-corrected chi connectivity index (χ1v) is 7.46. The molecule has 2 aromatic rings. The van der Waals surface area contributed by atoms with Crippen molar-refractivity contribution < 1.29 is 0 Å². The van der Waals surface area contributed by atoms with Crippen molar-refractivity contribution in [2.75, 3.05) is 12.0 Å². The minimum atomic E-state index is 0.892. The minimum absolute atomic E-state index is 0.892. The van der Waals surface area contributed by atoms with Crippen LogP contribution in [0, 0.1) is 0 Å². The van der Waals surface area contributed by atoms with Crippen LogP contribution in [-0.4, -0.2) is 6.26 Å². The molecule has 0 bridgehead atoms. The van der Waals surface area contributed by atoms with E-state index < -0.39 is 0 Å². The van der Waals surface area contributed by atoms with Crippen molar-refractivity contribution in [3.63, 3.8) is 0 Å². The first-order chi connectivity index (χ1) is 8.19. The van der Waals surface area contributed by atoms with Gasteiger partial charge in [0.05, 0.1) is 0 Å². The molecule has 3 heteroatoms. The molecule has 2 N–H and O–H groups in total. The highest BCUT2D eigenvalue weighted by molar-refractivity contribution is 9.10. The number of hydrogen-bond donors (Lipinski definition) is 1.